The number of carbonyl (C=O) groups is 2. The lowest BCUT2D eigenvalue weighted by Crippen LogP contribution is -2.19. The highest BCUT2D eigenvalue weighted by molar-refractivity contribution is 6.32. The molecule has 1 aromatic carbocycles. The number of nitrogen functional groups attached to an aromatic ring is 1. The van der Waals surface area contributed by atoms with Gasteiger partial charge in [0.05, 0.1) is 10.6 Å². The summed E-state index contributed by atoms with van der Waals surface area (Å²) in [7, 11) is 0. The number of carbonyl (C=O) groups excluding carboxylic acids is 2. The van der Waals surface area contributed by atoms with Gasteiger partial charge in [-0.05, 0) is 30.2 Å². The summed E-state index contributed by atoms with van der Waals surface area (Å²) in [6.45, 7) is 1.73. The standard InChI is InChI=1S/C15H14Cl2N4O3/c1-6-7(11(24-15(20)23)3-2-9(6)16)4-8-10(17)5-21-13(18)12(8)14(19)22/h2-3,5H,4H2,1H3,(H2,18,21)(H2,19,22)(H2,20,23). The first-order valence-corrected chi connectivity index (χ1v) is 7.45. The van der Waals surface area contributed by atoms with Crippen molar-refractivity contribution in [3.05, 3.63) is 50.6 Å². The van der Waals surface area contributed by atoms with E-state index >= 15 is 0 Å². The molecule has 7 nitrogen and oxygen atoms in total. The van der Waals surface area contributed by atoms with E-state index in [4.69, 9.17) is 45.1 Å². The van der Waals surface area contributed by atoms with Crippen molar-refractivity contribution in [3.8, 4) is 5.75 Å². The molecule has 0 unspecified atom stereocenters. The zero-order chi connectivity index (χ0) is 18.0. The Bertz CT molecular complexity index is 840. The monoisotopic (exact) mass is 368 g/mol. The fourth-order valence-corrected chi connectivity index (χ4v) is 2.68. The first-order chi connectivity index (χ1) is 11.2. The minimum absolute atomic E-state index is 0.00639. The van der Waals surface area contributed by atoms with Gasteiger partial charge in [0.1, 0.15) is 11.6 Å². The van der Waals surface area contributed by atoms with E-state index in [1.165, 1.54) is 12.3 Å². The van der Waals surface area contributed by atoms with Crippen molar-refractivity contribution in [2.75, 3.05) is 5.73 Å². The Morgan fingerprint density at radius 3 is 2.42 bits per heavy atom. The Hall–Kier alpha value is -2.51. The number of hydrogen-bond donors (Lipinski definition) is 3. The largest absolute Gasteiger partial charge is 0.410 e. The van der Waals surface area contributed by atoms with E-state index < -0.39 is 12.0 Å². The number of rotatable bonds is 4. The molecule has 9 heteroatoms. The van der Waals surface area contributed by atoms with Crippen molar-refractivity contribution >= 4 is 41.0 Å². The third-order valence-electron chi connectivity index (χ3n) is 3.46. The van der Waals surface area contributed by atoms with Crippen LogP contribution < -0.4 is 21.9 Å². The number of nitrogens with two attached hydrogens (primary N) is 3. The summed E-state index contributed by atoms with van der Waals surface area (Å²) in [5, 5.41) is 0.642. The molecule has 0 saturated heterocycles. The SMILES string of the molecule is Cc1c(Cl)ccc(OC(N)=O)c1Cc1c(Cl)cnc(N)c1C(N)=O. The summed E-state index contributed by atoms with van der Waals surface area (Å²) in [5.74, 6) is -0.611. The molecule has 2 aromatic rings. The van der Waals surface area contributed by atoms with Crippen LogP contribution >= 0.6 is 23.2 Å². The van der Waals surface area contributed by atoms with E-state index in [1.807, 2.05) is 0 Å². The van der Waals surface area contributed by atoms with Gasteiger partial charge in [-0.2, -0.15) is 0 Å². The van der Waals surface area contributed by atoms with Gasteiger partial charge in [-0.25, -0.2) is 9.78 Å². The number of benzene rings is 1. The molecule has 0 saturated carbocycles. The highest BCUT2D eigenvalue weighted by Gasteiger charge is 2.21. The molecule has 0 radical (unpaired) electrons. The highest BCUT2D eigenvalue weighted by Crippen LogP contribution is 2.34. The number of aromatic nitrogens is 1. The molecular formula is C15H14Cl2N4O3. The zero-order valence-corrected chi connectivity index (χ0v) is 14.1. The Balaban J connectivity index is 2.64. The van der Waals surface area contributed by atoms with Crippen LogP contribution in [-0.4, -0.2) is 17.0 Å². The van der Waals surface area contributed by atoms with E-state index in [9.17, 15) is 9.59 Å². The van der Waals surface area contributed by atoms with Gasteiger partial charge in [-0.15, -0.1) is 0 Å². The smallest absolute Gasteiger partial charge is 0.409 e. The Kier molecular flexibility index (Phi) is 5.16. The van der Waals surface area contributed by atoms with Crippen LogP contribution in [0.4, 0.5) is 10.6 Å². The Morgan fingerprint density at radius 1 is 1.17 bits per heavy atom. The molecule has 0 aliphatic heterocycles. The van der Waals surface area contributed by atoms with Gasteiger partial charge in [0.15, 0.2) is 0 Å². The molecule has 2 rings (SSSR count). The predicted octanol–water partition coefficient (Wildman–Crippen LogP) is 2.43. The van der Waals surface area contributed by atoms with E-state index in [1.54, 1.807) is 13.0 Å². The van der Waals surface area contributed by atoms with Crippen molar-refractivity contribution in [2.45, 2.75) is 13.3 Å². The Labute approximate surface area is 147 Å². The topological polar surface area (TPSA) is 134 Å². The van der Waals surface area contributed by atoms with Crippen molar-refractivity contribution < 1.29 is 14.3 Å². The molecule has 24 heavy (non-hydrogen) atoms. The van der Waals surface area contributed by atoms with E-state index in [2.05, 4.69) is 4.98 Å². The summed E-state index contributed by atoms with van der Waals surface area (Å²) >= 11 is 12.3. The van der Waals surface area contributed by atoms with Gasteiger partial charge in [-0.1, -0.05) is 23.2 Å². The maximum atomic E-state index is 11.7. The number of amides is 2. The van der Waals surface area contributed by atoms with Crippen molar-refractivity contribution in [1.82, 2.24) is 4.98 Å². The third-order valence-corrected chi connectivity index (χ3v) is 4.20. The second-order valence-electron chi connectivity index (χ2n) is 4.96. The molecule has 0 spiro atoms. The molecule has 0 aliphatic rings. The average molecular weight is 369 g/mol. The number of nitrogens with zero attached hydrogens (tertiary/aromatic N) is 1. The van der Waals surface area contributed by atoms with E-state index in [0.717, 1.165) is 0 Å². The maximum Gasteiger partial charge on any atom is 0.409 e. The third kappa shape index (κ3) is 3.52. The first-order valence-electron chi connectivity index (χ1n) is 6.70. The molecule has 0 fully saturated rings. The number of primary amides is 2. The summed E-state index contributed by atoms with van der Waals surface area (Å²) in [6, 6.07) is 3.06. The lowest BCUT2D eigenvalue weighted by atomic mass is 9.96. The minimum atomic E-state index is -0.978. The lowest BCUT2D eigenvalue weighted by molar-refractivity contribution is 0.1000. The molecule has 1 aromatic heterocycles. The predicted molar refractivity (Wildman–Crippen MR) is 91.4 cm³/mol. The van der Waals surface area contributed by atoms with Gasteiger partial charge in [0.2, 0.25) is 0 Å². The summed E-state index contributed by atoms with van der Waals surface area (Å²) in [6.07, 6.45) is 0.430. The summed E-state index contributed by atoms with van der Waals surface area (Å²) in [5.41, 5.74) is 17.7. The summed E-state index contributed by atoms with van der Waals surface area (Å²) < 4.78 is 5.00. The molecule has 1 heterocycles. The minimum Gasteiger partial charge on any atom is -0.410 e. The van der Waals surface area contributed by atoms with Crippen LogP contribution in [0.3, 0.4) is 0 Å². The molecule has 6 N–H and O–H groups in total. The van der Waals surface area contributed by atoms with E-state index in [0.29, 0.717) is 21.7 Å². The second-order valence-corrected chi connectivity index (χ2v) is 5.77. The van der Waals surface area contributed by atoms with Crippen LogP contribution in [0.2, 0.25) is 10.0 Å². The second kappa shape index (κ2) is 6.94. The lowest BCUT2D eigenvalue weighted by Gasteiger charge is -2.16. The summed E-state index contributed by atoms with van der Waals surface area (Å²) in [4.78, 5) is 26.6. The number of ether oxygens (including phenoxy) is 1. The number of anilines is 1. The van der Waals surface area contributed by atoms with Crippen molar-refractivity contribution in [3.63, 3.8) is 0 Å². The van der Waals surface area contributed by atoms with Crippen LogP contribution in [0.15, 0.2) is 18.3 Å². The normalized spacial score (nSPS) is 10.5. The van der Waals surface area contributed by atoms with Gasteiger partial charge in [0, 0.05) is 23.2 Å². The van der Waals surface area contributed by atoms with Crippen LogP contribution in [0.1, 0.15) is 27.0 Å². The number of pyridine rings is 1. The van der Waals surface area contributed by atoms with Gasteiger partial charge in [0.25, 0.3) is 5.91 Å². The molecule has 0 aliphatic carbocycles. The maximum absolute atomic E-state index is 11.7. The number of halogens is 2. The molecular weight excluding hydrogens is 355 g/mol. The van der Waals surface area contributed by atoms with Crippen LogP contribution in [-0.2, 0) is 6.42 Å². The highest BCUT2D eigenvalue weighted by atomic mass is 35.5. The van der Waals surface area contributed by atoms with Crippen LogP contribution in [0, 0.1) is 6.92 Å². The van der Waals surface area contributed by atoms with Crippen LogP contribution in [0.25, 0.3) is 0 Å². The van der Waals surface area contributed by atoms with Crippen molar-refractivity contribution in [1.29, 1.82) is 0 Å². The molecule has 0 bridgehead atoms. The molecule has 2 amide bonds. The van der Waals surface area contributed by atoms with E-state index in [-0.39, 0.29) is 28.6 Å². The van der Waals surface area contributed by atoms with Crippen LogP contribution in [0.5, 0.6) is 5.75 Å². The van der Waals surface area contributed by atoms with Gasteiger partial charge >= 0.3 is 6.09 Å². The first kappa shape index (κ1) is 17.8. The zero-order valence-electron chi connectivity index (χ0n) is 12.6. The van der Waals surface area contributed by atoms with Gasteiger partial charge < -0.3 is 21.9 Å². The van der Waals surface area contributed by atoms with Gasteiger partial charge in [-0.3, -0.25) is 4.79 Å². The molecule has 126 valence electrons. The Morgan fingerprint density at radius 2 is 1.83 bits per heavy atom. The number of hydrogen-bond acceptors (Lipinski definition) is 5. The fourth-order valence-electron chi connectivity index (χ4n) is 2.29. The quantitative estimate of drug-likeness (QED) is 0.761. The average Bonchev–Trinajstić information content (AvgIpc) is 2.49. The molecule has 0 atom stereocenters. The fraction of sp³-hybridized carbons (Fsp3) is 0.133. The van der Waals surface area contributed by atoms with Crippen molar-refractivity contribution in [2.24, 2.45) is 11.5 Å².